The van der Waals surface area contributed by atoms with Crippen LogP contribution in [-0.2, 0) is 6.18 Å². The summed E-state index contributed by atoms with van der Waals surface area (Å²) in [5.41, 5.74) is -0.230. The second-order valence-corrected chi connectivity index (χ2v) is 5.60. The predicted octanol–water partition coefficient (Wildman–Crippen LogP) is 5.42. The lowest BCUT2D eigenvalue weighted by Crippen LogP contribution is -2.19. The standard InChI is InChI=1S/C14H9BrF4N2S/c15-9-3-6-12(11(16)7-9)21-13(22)20-10-4-1-8(2-5-10)14(17,18)19/h1-7H,(H2,20,21,22). The minimum absolute atomic E-state index is 0.0704. The molecule has 0 atom stereocenters. The highest BCUT2D eigenvalue weighted by Gasteiger charge is 2.29. The molecule has 0 bridgehead atoms. The molecular formula is C14H9BrF4N2S. The Hall–Kier alpha value is -1.67. The van der Waals surface area contributed by atoms with Crippen LogP contribution in [0, 0.1) is 5.82 Å². The molecule has 0 saturated carbocycles. The minimum atomic E-state index is -4.39. The van der Waals surface area contributed by atoms with Crippen molar-refractivity contribution in [2.24, 2.45) is 0 Å². The number of rotatable bonds is 2. The van der Waals surface area contributed by atoms with E-state index in [2.05, 4.69) is 26.6 Å². The first-order valence-corrected chi connectivity index (χ1v) is 7.16. The molecule has 0 heterocycles. The Balaban J connectivity index is 2.03. The van der Waals surface area contributed by atoms with Gasteiger partial charge in [0.1, 0.15) is 5.82 Å². The van der Waals surface area contributed by atoms with Crippen molar-refractivity contribution in [3.63, 3.8) is 0 Å². The third kappa shape index (κ3) is 4.41. The van der Waals surface area contributed by atoms with Crippen LogP contribution in [0.1, 0.15) is 5.56 Å². The molecule has 8 heteroatoms. The van der Waals surface area contributed by atoms with E-state index in [1.54, 1.807) is 6.07 Å². The molecule has 0 saturated heterocycles. The number of hydrogen-bond donors (Lipinski definition) is 2. The highest BCUT2D eigenvalue weighted by Crippen LogP contribution is 2.29. The average molecular weight is 393 g/mol. The van der Waals surface area contributed by atoms with Crippen molar-refractivity contribution >= 4 is 44.6 Å². The summed E-state index contributed by atoms with van der Waals surface area (Å²) in [6.45, 7) is 0. The zero-order chi connectivity index (χ0) is 16.3. The second kappa shape index (κ2) is 6.62. The molecule has 0 aromatic heterocycles. The van der Waals surface area contributed by atoms with Crippen LogP contribution >= 0.6 is 28.1 Å². The molecule has 0 amide bonds. The van der Waals surface area contributed by atoms with E-state index >= 15 is 0 Å². The summed E-state index contributed by atoms with van der Waals surface area (Å²) in [4.78, 5) is 0. The van der Waals surface area contributed by atoms with Gasteiger partial charge in [0.2, 0.25) is 0 Å². The number of hydrogen-bond acceptors (Lipinski definition) is 1. The van der Waals surface area contributed by atoms with Crippen LogP contribution in [-0.4, -0.2) is 5.11 Å². The number of benzene rings is 2. The van der Waals surface area contributed by atoms with Gasteiger partial charge in [-0.1, -0.05) is 15.9 Å². The van der Waals surface area contributed by atoms with Crippen molar-refractivity contribution in [1.82, 2.24) is 0 Å². The van der Waals surface area contributed by atoms with E-state index in [4.69, 9.17) is 12.2 Å². The Morgan fingerprint density at radius 1 is 1.00 bits per heavy atom. The largest absolute Gasteiger partial charge is 0.416 e. The van der Waals surface area contributed by atoms with Crippen LogP contribution in [0.5, 0.6) is 0 Å². The van der Waals surface area contributed by atoms with Gasteiger partial charge in [0.25, 0.3) is 0 Å². The molecule has 22 heavy (non-hydrogen) atoms. The fourth-order valence-electron chi connectivity index (χ4n) is 1.62. The second-order valence-electron chi connectivity index (χ2n) is 4.28. The van der Waals surface area contributed by atoms with Gasteiger partial charge in [-0.25, -0.2) is 4.39 Å². The van der Waals surface area contributed by atoms with Gasteiger partial charge in [-0.3, -0.25) is 0 Å². The van der Waals surface area contributed by atoms with Crippen molar-refractivity contribution in [3.05, 3.63) is 58.3 Å². The van der Waals surface area contributed by atoms with Crippen molar-refractivity contribution in [3.8, 4) is 0 Å². The predicted molar refractivity (Wildman–Crippen MR) is 85.4 cm³/mol. The number of nitrogens with one attached hydrogen (secondary N) is 2. The summed E-state index contributed by atoms with van der Waals surface area (Å²) in [7, 11) is 0. The SMILES string of the molecule is Fc1cc(Br)ccc1NC(=S)Nc1ccc(C(F)(F)F)cc1. The Labute approximate surface area is 137 Å². The molecule has 2 N–H and O–H groups in total. The Morgan fingerprint density at radius 2 is 1.64 bits per heavy atom. The smallest absolute Gasteiger partial charge is 0.332 e. The normalized spacial score (nSPS) is 11.1. The summed E-state index contributed by atoms with van der Waals surface area (Å²) in [5, 5.41) is 5.39. The molecule has 0 aliphatic heterocycles. The summed E-state index contributed by atoms with van der Waals surface area (Å²) in [6, 6.07) is 8.75. The van der Waals surface area contributed by atoms with Crippen LogP contribution in [0.15, 0.2) is 46.9 Å². The van der Waals surface area contributed by atoms with Crippen LogP contribution < -0.4 is 10.6 Å². The van der Waals surface area contributed by atoms with Crippen LogP contribution in [0.25, 0.3) is 0 Å². The van der Waals surface area contributed by atoms with Gasteiger partial charge in [-0.15, -0.1) is 0 Å². The Morgan fingerprint density at radius 3 is 2.18 bits per heavy atom. The molecular weight excluding hydrogens is 384 g/mol. The van der Waals surface area contributed by atoms with Crippen LogP contribution in [0.3, 0.4) is 0 Å². The van der Waals surface area contributed by atoms with Gasteiger partial charge in [-0.05, 0) is 54.7 Å². The van der Waals surface area contributed by atoms with E-state index in [1.807, 2.05) is 0 Å². The van der Waals surface area contributed by atoms with E-state index in [0.29, 0.717) is 10.2 Å². The van der Waals surface area contributed by atoms with Crippen molar-refractivity contribution in [1.29, 1.82) is 0 Å². The van der Waals surface area contributed by atoms with Crippen molar-refractivity contribution in [2.75, 3.05) is 10.6 Å². The molecule has 0 spiro atoms. The first-order valence-electron chi connectivity index (χ1n) is 5.96. The molecule has 0 unspecified atom stereocenters. The van der Waals surface area contributed by atoms with Crippen molar-refractivity contribution < 1.29 is 17.6 Å². The lowest BCUT2D eigenvalue weighted by Gasteiger charge is -2.12. The molecule has 0 fully saturated rings. The molecule has 116 valence electrons. The summed E-state index contributed by atoms with van der Waals surface area (Å²) in [5.74, 6) is -0.508. The first kappa shape index (κ1) is 16.7. The van der Waals surface area contributed by atoms with Gasteiger partial charge in [0.15, 0.2) is 5.11 Å². The highest BCUT2D eigenvalue weighted by atomic mass is 79.9. The van der Waals surface area contributed by atoms with Crippen LogP contribution in [0.4, 0.5) is 28.9 Å². The third-order valence-electron chi connectivity index (χ3n) is 2.65. The number of halogens is 5. The molecule has 2 nitrogen and oxygen atoms in total. The molecule has 0 aliphatic carbocycles. The van der Waals surface area contributed by atoms with E-state index < -0.39 is 17.6 Å². The lowest BCUT2D eigenvalue weighted by molar-refractivity contribution is -0.137. The van der Waals surface area contributed by atoms with Gasteiger partial charge >= 0.3 is 6.18 Å². The summed E-state index contributed by atoms with van der Waals surface area (Å²) >= 11 is 8.12. The maximum Gasteiger partial charge on any atom is 0.416 e. The first-order chi connectivity index (χ1) is 10.3. The van der Waals surface area contributed by atoms with E-state index in [0.717, 1.165) is 12.1 Å². The number of alkyl halides is 3. The van der Waals surface area contributed by atoms with Gasteiger partial charge in [-0.2, -0.15) is 13.2 Å². The summed E-state index contributed by atoms with van der Waals surface area (Å²) < 4.78 is 51.5. The quantitative estimate of drug-likeness (QED) is 0.527. The van der Waals surface area contributed by atoms with Crippen molar-refractivity contribution in [2.45, 2.75) is 6.18 Å². The topological polar surface area (TPSA) is 24.1 Å². The maximum absolute atomic E-state index is 13.6. The Kier molecular flexibility index (Phi) is 5.02. The maximum atomic E-state index is 13.6. The number of anilines is 2. The molecule has 0 aliphatic rings. The van der Waals surface area contributed by atoms with Gasteiger partial charge < -0.3 is 10.6 Å². The minimum Gasteiger partial charge on any atom is -0.332 e. The summed E-state index contributed by atoms with van der Waals surface area (Å²) in [6.07, 6.45) is -4.39. The Bertz CT molecular complexity index is 686. The highest BCUT2D eigenvalue weighted by molar-refractivity contribution is 9.10. The number of thiocarbonyl (C=S) groups is 1. The average Bonchev–Trinajstić information content (AvgIpc) is 2.41. The van der Waals surface area contributed by atoms with E-state index in [1.165, 1.54) is 24.3 Å². The monoisotopic (exact) mass is 392 g/mol. The van der Waals surface area contributed by atoms with E-state index in [-0.39, 0.29) is 10.8 Å². The molecule has 2 aromatic carbocycles. The fourth-order valence-corrected chi connectivity index (χ4v) is 2.18. The molecule has 2 aromatic rings. The molecule has 2 rings (SSSR count). The van der Waals surface area contributed by atoms with Gasteiger partial charge in [0, 0.05) is 10.2 Å². The zero-order valence-corrected chi connectivity index (χ0v) is 13.2. The third-order valence-corrected chi connectivity index (χ3v) is 3.35. The van der Waals surface area contributed by atoms with E-state index in [9.17, 15) is 17.6 Å². The molecule has 0 radical (unpaired) electrons. The fraction of sp³-hybridized carbons (Fsp3) is 0.0714. The zero-order valence-electron chi connectivity index (χ0n) is 10.8. The lowest BCUT2D eigenvalue weighted by atomic mass is 10.2. The van der Waals surface area contributed by atoms with Gasteiger partial charge in [0.05, 0.1) is 11.3 Å². The van der Waals surface area contributed by atoms with Crippen LogP contribution in [0.2, 0.25) is 0 Å².